The highest BCUT2D eigenvalue weighted by Crippen LogP contribution is 2.28. The highest BCUT2D eigenvalue weighted by Gasteiger charge is 2.33. The van der Waals surface area contributed by atoms with E-state index in [1.165, 1.54) is 12.1 Å². The Morgan fingerprint density at radius 1 is 0.906 bits per heavy atom. The van der Waals surface area contributed by atoms with Crippen LogP contribution in [0.4, 0.5) is 0 Å². The second-order valence-electron chi connectivity index (χ2n) is 7.94. The average molecular weight is 478 g/mol. The van der Waals surface area contributed by atoms with Gasteiger partial charge in [0.15, 0.2) is 0 Å². The van der Waals surface area contributed by atoms with Crippen LogP contribution in [0.25, 0.3) is 0 Å². The fourth-order valence-corrected chi connectivity index (χ4v) is 5.14. The van der Waals surface area contributed by atoms with Gasteiger partial charge in [0, 0.05) is 31.2 Å². The van der Waals surface area contributed by atoms with Crippen molar-refractivity contribution in [1.29, 1.82) is 0 Å². The van der Waals surface area contributed by atoms with Crippen LogP contribution in [0.5, 0.6) is 0 Å². The first-order valence-electron chi connectivity index (χ1n) is 10.8. The third-order valence-corrected chi connectivity index (χ3v) is 7.26. The zero-order valence-electron chi connectivity index (χ0n) is 18.1. The molecular weight excluding hydrogens is 450 g/mol. The number of ether oxygens (including phenoxy) is 2. The molecule has 2 heterocycles. The Kier molecular flexibility index (Phi) is 7.48. The molecule has 2 aliphatic heterocycles. The van der Waals surface area contributed by atoms with Crippen LogP contribution in [0.15, 0.2) is 57.8 Å². The van der Waals surface area contributed by atoms with Crippen molar-refractivity contribution in [3.63, 3.8) is 0 Å². The van der Waals surface area contributed by atoms with Gasteiger partial charge in [0.25, 0.3) is 10.0 Å². The number of sulfonamides is 1. The van der Waals surface area contributed by atoms with Crippen LogP contribution in [0, 0.1) is 6.92 Å². The minimum Gasteiger partial charge on any atom is -0.379 e. The molecule has 32 heavy (non-hydrogen) atoms. The number of hydrogen-bond acceptors (Lipinski definition) is 5. The standard InChI is InChI=1S/C23H28ClN3O4S/c1-18-2-4-19(5-3-18)22(26-10-14-30-15-11-26)23(27-12-16-31-17-13-27)25-32(28,29)21-8-6-20(24)7-9-21/h2-9,22H,10-17H2,1H3/b25-23-. The molecular formula is C23H28ClN3O4S. The summed E-state index contributed by atoms with van der Waals surface area (Å²) in [7, 11) is -3.94. The normalized spacial score (nSPS) is 19.7. The molecule has 172 valence electrons. The van der Waals surface area contributed by atoms with Crippen molar-refractivity contribution in [2.45, 2.75) is 17.9 Å². The Hall–Kier alpha value is -1.97. The van der Waals surface area contributed by atoms with Gasteiger partial charge in [-0.3, -0.25) is 4.90 Å². The molecule has 2 aromatic rings. The summed E-state index contributed by atoms with van der Waals surface area (Å²) in [6, 6.07) is 14.0. The second-order valence-corrected chi connectivity index (χ2v) is 9.98. The van der Waals surface area contributed by atoms with Crippen LogP contribution in [0.3, 0.4) is 0 Å². The maximum Gasteiger partial charge on any atom is 0.284 e. The Bertz CT molecular complexity index is 1030. The lowest BCUT2D eigenvalue weighted by Gasteiger charge is -2.40. The van der Waals surface area contributed by atoms with Crippen molar-refractivity contribution in [2.75, 3.05) is 52.6 Å². The van der Waals surface area contributed by atoms with E-state index in [4.69, 9.17) is 21.1 Å². The molecule has 2 aromatic carbocycles. The summed E-state index contributed by atoms with van der Waals surface area (Å²) in [6.07, 6.45) is 0. The molecule has 0 amide bonds. The first kappa shape index (κ1) is 23.2. The zero-order valence-corrected chi connectivity index (χ0v) is 19.7. The van der Waals surface area contributed by atoms with Crippen LogP contribution >= 0.6 is 11.6 Å². The molecule has 1 unspecified atom stereocenters. The van der Waals surface area contributed by atoms with E-state index in [0.717, 1.165) is 11.1 Å². The molecule has 0 aromatic heterocycles. The van der Waals surface area contributed by atoms with Gasteiger partial charge in [-0.25, -0.2) is 0 Å². The Labute approximate surface area is 194 Å². The number of aryl methyl sites for hydroxylation is 1. The lowest BCUT2D eigenvalue weighted by molar-refractivity contribution is 0.0229. The molecule has 2 saturated heterocycles. The molecule has 0 spiro atoms. The summed E-state index contributed by atoms with van der Waals surface area (Å²) in [5, 5.41) is 0.479. The number of benzene rings is 2. The SMILES string of the molecule is Cc1ccc(C(/C(=N/S(=O)(=O)c2ccc(Cl)cc2)N2CCOCC2)N2CCOCC2)cc1. The molecule has 2 aliphatic rings. The third kappa shape index (κ3) is 5.50. The minimum atomic E-state index is -3.94. The molecule has 1 atom stereocenters. The van der Waals surface area contributed by atoms with Crippen molar-refractivity contribution < 1.29 is 17.9 Å². The van der Waals surface area contributed by atoms with Crippen LogP contribution in [-0.4, -0.2) is 76.7 Å². The Morgan fingerprint density at radius 2 is 1.47 bits per heavy atom. The molecule has 7 nitrogen and oxygen atoms in total. The summed E-state index contributed by atoms with van der Waals surface area (Å²) < 4.78 is 42.2. The predicted octanol–water partition coefficient (Wildman–Crippen LogP) is 3.14. The highest BCUT2D eigenvalue weighted by atomic mass is 35.5. The molecule has 0 N–H and O–H groups in total. The lowest BCUT2D eigenvalue weighted by Crippen LogP contribution is -2.50. The fraction of sp³-hybridized carbons (Fsp3) is 0.435. The largest absolute Gasteiger partial charge is 0.379 e. The quantitative estimate of drug-likeness (QED) is 0.486. The first-order valence-corrected chi connectivity index (χ1v) is 12.6. The minimum absolute atomic E-state index is 0.122. The van der Waals surface area contributed by atoms with E-state index in [1.54, 1.807) is 12.1 Å². The van der Waals surface area contributed by atoms with Gasteiger partial charge < -0.3 is 14.4 Å². The fourth-order valence-electron chi connectivity index (χ4n) is 3.96. The monoisotopic (exact) mass is 477 g/mol. The van der Waals surface area contributed by atoms with E-state index >= 15 is 0 Å². The molecule has 2 fully saturated rings. The smallest absolute Gasteiger partial charge is 0.284 e. The summed E-state index contributed by atoms with van der Waals surface area (Å²) in [5.74, 6) is 0.522. The van der Waals surface area contributed by atoms with Gasteiger partial charge in [-0.1, -0.05) is 41.4 Å². The number of rotatable bonds is 5. The second kappa shape index (κ2) is 10.3. The first-order chi connectivity index (χ1) is 15.4. The Morgan fingerprint density at radius 3 is 2.06 bits per heavy atom. The van der Waals surface area contributed by atoms with Crippen LogP contribution in [0.2, 0.25) is 5.02 Å². The van der Waals surface area contributed by atoms with Crippen molar-refractivity contribution >= 4 is 27.5 Å². The highest BCUT2D eigenvalue weighted by molar-refractivity contribution is 7.90. The van der Waals surface area contributed by atoms with E-state index in [2.05, 4.69) is 21.4 Å². The van der Waals surface area contributed by atoms with E-state index in [0.29, 0.717) is 63.5 Å². The number of nitrogens with zero attached hydrogens (tertiary/aromatic N) is 3. The van der Waals surface area contributed by atoms with Gasteiger partial charge in [-0.15, -0.1) is 4.40 Å². The molecule has 0 bridgehead atoms. The number of amidine groups is 1. The van der Waals surface area contributed by atoms with Gasteiger partial charge in [0.05, 0.1) is 37.4 Å². The number of halogens is 1. The summed E-state index contributed by atoms with van der Waals surface area (Å²) in [6.45, 7) is 6.86. The molecule has 0 radical (unpaired) electrons. The van der Waals surface area contributed by atoms with Gasteiger partial charge >= 0.3 is 0 Å². The predicted molar refractivity (Wildman–Crippen MR) is 125 cm³/mol. The maximum absolute atomic E-state index is 13.3. The van der Waals surface area contributed by atoms with Crippen molar-refractivity contribution in [3.8, 4) is 0 Å². The van der Waals surface area contributed by atoms with Crippen LogP contribution < -0.4 is 0 Å². The summed E-state index contributed by atoms with van der Waals surface area (Å²) >= 11 is 5.96. The van der Waals surface area contributed by atoms with Crippen molar-refractivity contribution in [3.05, 3.63) is 64.7 Å². The van der Waals surface area contributed by atoms with Gasteiger partial charge in [-0.05, 0) is 36.8 Å². The van der Waals surface area contributed by atoms with Crippen LogP contribution in [-0.2, 0) is 19.5 Å². The number of hydrogen-bond donors (Lipinski definition) is 0. The van der Waals surface area contributed by atoms with Crippen LogP contribution in [0.1, 0.15) is 17.2 Å². The maximum atomic E-state index is 13.3. The molecule has 0 aliphatic carbocycles. The summed E-state index contributed by atoms with van der Waals surface area (Å²) in [5.41, 5.74) is 2.15. The third-order valence-electron chi connectivity index (χ3n) is 5.71. The number of morpholine rings is 2. The lowest BCUT2D eigenvalue weighted by atomic mass is 10.0. The van der Waals surface area contributed by atoms with E-state index < -0.39 is 10.0 Å². The summed E-state index contributed by atoms with van der Waals surface area (Å²) in [4.78, 5) is 4.41. The topological polar surface area (TPSA) is 71.4 Å². The van der Waals surface area contributed by atoms with Crippen molar-refractivity contribution in [2.24, 2.45) is 4.40 Å². The molecule has 0 saturated carbocycles. The van der Waals surface area contributed by atoms with Gasteiger partial charge in [-0.2, -0.15) is 8.42 Å². The Balaban J connectivity index is 1.82. The molecule has 4 rings (SSSR count). The average Bonchev–Trinajstić information content (AvgIpc) is 2.81. The van der Waals surface area contributed by atoms with E-state index in [-0.39, 0.29) is 10.9 Å². The van der Waals surface area contributed by atoms with Gasteiger partial charge in [0.1, 0.15) is 5.84 Å². The zero-order chi connectivity index (χ0) is 22.6. The van der Waals surface area contributed by atoms with Gasteiger partial charge in [0.2, 0.25) is 0 Å². The van der Waals surface area contributed by atoms with E-state index in [1.807, 2.05) is 24.0 Å². The van der Waals surface area contributed by atoms with Crippen molar-refractivity contribution in [1.82, 2.24) is 9.80 Å². The molecule has 9 heteroatoms. The van der Waals surface area contributed by atoms with E-state index in [9.17, 15) is 8.42 Å².